The van der Waals surface area contributed by atoms with E-state index in [1.807, 2.05) is 25.2 Å². The molecule has 1 aliphatic rings. The summed E-state index contributed by atoms with van der Waals surface area (Å²) in [5.74, 6) is 0.0819. The normalized spacial score (nSPS) is 23.9. The number of carbonyl (C=O) groups is 1. The maximum atomic E-state index is 11.8. The Morgan fingerprint density at radius 1 is 1.53 bits per heavy atom. The lowest BCUT2D eigenvalue weighted by molar-refractivity contribution is -0.127. The molecule has 0 spiro atoms. The zero-order chi connectivity index (χ0) is 11.6. The number of alkyl halides is 2. The number of likely N-dealkylation sites (N-methyl/N-ethyl adjacent to an activating group) is 1. The fraction of sp³-hybridized carbons (Fsp3) is 0.889. The molecule has 1 aliphatic heterocycles. The molecule has 1 amide bonds. The minimum atomic E-state index is -0.250. The first-order chi connectivity index (χ1) is 6.85. The van der Waals surface area contributed by atoms with Crippen LogP contribution < -0.4 is 0 Å². The molecule has 0 aromatic heterocycles. The number of rotatable bonds is 4. The van der Waals surface area contributed by atoms with E-state index in [4.69, 9.17) is 23.2 Å². The van der Waals surface area contributed by atoms with Gasteiger partial charge in [0.15, 0.2) is 0 Å². The molecule has 1 atom stereocenters. The summed E-state index contributed by atoms with van der Waals surface area (Å²) in [6.45, 7) is 3.92. The third-order valence-corrected chi connectivity index (χ3v) is 3.91. The maximum absolute atomic E-state index is 11.8. The molecule has 88 valence electrons. The number of amides is 1. The van der Waals surface area contributed by atoms with Gasteiger partial charge in [0.05, 0.1) is 0 Å². The van der Waals surface area contributed by atoms with Crippen molar-refractivity contribution in [3.63, 3.8) is 0 Å². The monoisotopic (exact) mass is 270 g/mol. The number of carbonyl (C=O) groups excluding carboxylic acids is 1. The topological polar surface area (TPSA) is 23.6 Å². The fourth-order valence-electron chi connectivity index (χ4n) is 1.44. The van der Waals surface area contributed by atoms with Crippen molar-refractivity contribution in [2.45, 2.75) is 37.6 Å². The molecule has 0 aromatic carbocycles. The fourth-order valence-corrected chi connectivity index (χ4v) is 2.66. The van der Waals surface area contributed by atoms with Gasteiger partial charge in [0.25, 0.3) is 5.91 Å². The van der Waals surface area contributed by atoms with Gasteiger partial charge in [-0.2, -0.15) is 0 Å². The van der Waals surface area contributed by atoms with E-state index in [2.05, 4.69) is 0 Å². The molecule has 6 heteroatoms. The third-order valence-electron chi connectivity index (χ3n) is 2.32. The lowest BCUT2D eigenvalue weighted by Gasteiger charge is -2.19. The molecular weight excluding hydrogens is 255 g/mol. The van der Waals surface area contributed by atoms with Crippen molar-refractivity contribution >= 4 is 41.2 Å². The second kappa shape index (κ2) is 5.13. The number of nitrogens with zero attached hydrogens (tertiary/aromatic N) is 2. The highest BCUT2D eigenvalue weighted by Gasteiger charge is 2.37. The van der Waals surface area contributed by atoms with Crippen molar-refractivity contribution in [1.82, 2.24) is 8.61 Å². The average molecular weight is 271 g/mol. The number of halogens is 2. The van der Waals surface area contributed by atoms with E-state index in [9.17, 15) is 4.79 Å². The Balaban J connectivity index is 2.52. The lowest BCUT2D eigenvalue weighted by atomic mass is 10.0. The molecule has 0 aliphatic carbocycles. The van der Waals surface area contributed by atoms with Gasteiger partial charge >= 0.3 is 0 Å². The van der Waals surface area contributed by atoms with Gasteiger partial charge in [-0.15, -0.1) is 23.2 Å². The molecular formula is C9H16Cl2N2OS. The Labute approximate surface area is 105 Å². The van der Waals surface area contributed by atoms with Crippen molar-refractivity contribution in [3.8, 4) is 0 Å². The highest BCUT2D eigenvalue weighted by atomic mass is 35.5. The van der Waals surface area contributed by atoms with Crippen molar-refractivity contribution in [1.29, 1.82) is 0 Å². The first-order valence-corrected chi connectivity index (χ1v) is 6.46. The Morgan fingerprint density at radius 3 is 2.53 bits per heavy atom. The highest BCUT2D eigenvalue weighted by Crippen LogP contribution is 2.32. The van der Waals surface area contributed by atoms with Crippen LogP contribution in [0, 0.1) is 0 Å². The summed E-state index contributed by atoms with van der Waals surface area (Å²) < 4.78 is 3.50. The van der Waals surface area contributed by atoms with Crippen LogP contribution in [0.2, 0.25) is 0 Å². The van der Waals surface area contributed by atoms with Gasteiger partial charge in [-0.1, -0.05) is 0 Å². The van der Waals surface area contributed by atoms with Crippen LogP contribution in [-0.4, -0.2) is 38.5 Å². The van der Waals surface area contributed by atoms with E-state index in [0.717, 1.165) is 12.8 Å². The van der Waals surface area contributed by atoms with Crippen molar-refractivity contribution in [2.75, 3.05) is 13.1 Å². The van der Waals surface area contributed by atoms with Gasteiger partial charge in [0, 0.05) is 24.1 Å². The standard InChI is InChI=1S/C9H16Cl2N2OS/c1-9(2,11)5-4-7-8(14)13(6-10)15-12(7)3/h7H,4-6H2,1-3H3. The van der Waals surface area contributed by atoms with E-state index in [1.54, 1.807) is 4.31 Å². The SMILES string of the molecule is CN1SN(CCl)C(=O)C1CCC(C)(C)Cl. The minimum absolute atomic E-state index is 0.0819. The third kappa shape index (κ3) is 3.70. The second-order valence-electron chi connectivity index (χ2n) is 4.24. The van der Waals surface area contributed by atoms with Gasteiger partial charge in [-0.05, 0) is 26.7 Å². The molecule has 1 fully saturated rings. The van der Waals surface area contributed by atoms with E-state index in [-0.39, 0.29) is 22.8 Å². The van der Waals surface area contributed by atoms with Crippen LogP contribution in [-0.2, 0) is 4.79 Å². The molecule has 1 rings (SSSR count). The van der Waals surface area contributed by atoms with Gasteiger partial charge < -0.3 is 0 Å². The Bertz CT molecular complexity index is 245. The van der Waals surface area contributed by atoms with Crippen LogP contribution in [0.3, 0.4) is 0 Å². The maximum Gasteiger partial charge on any atom is 0.252 e. The minimum Gasteiger partial charge on any atom is -0.272 e. The van der Waals surface area contributed by atoms with Crippen LogP contribution >= 0.6 is 35.3 Å². The lowest BCUT2D eigenvalue weighted by Crippen LogP contribution is -2.32. The summed E-state index contributed by atoms with van der Waals surface area (Å²) in [7, 11) is 1.90. The molecule has 0 radical (unpaired) electrons. The van der Waals surface area contributed by atoms with E-state index >= 15 is 0 Å². The first-order valence-electron chi connectivity index (χ1n) is 4.82. The second-order valence-corrected chi connectivity index (χ2v) is 6.68. The van der Waals surface area contributed by atoms with E-state index < -0.39 is 0 Å². The molecule has 0 N–H and O–H groups in total. The van der Waals surface area contributed by atoms with Crippen molar-refractivity contribution in [2.24, 2.45) is 0 Å². The summed E-state index contributed by atoms with van der Waals surface area (Å²) in [5.41, 5.74) is 0. The summed E-state index contributed by atoms with van der Waals surface area (Å²) in [6, 6.07) is 0.140. The Morgan fingerprint density at radius 2 is 2.13 bits per heavy atom. The van der Waals surface area contributed by atoms with Crippen LogP contribution in [0.1, 0.15) is 26.7 Å². The van der Waals surface area contributed by atoms with Crippen LogP contribution in [0.15, 0.2) is 0 Å². The van der Waals surface area contributed by atoms with Gasteiger partial charge in [-0.25, -0.2) is 4.31 Å². The smallest absolute Gasteiger partial charge is 0.252 e. The summed E-state index contributed by atoms with van der Waals surface area (Å²) in [6.07, 6.45) is 1.58. The molecule has 0 aromatic rings. The molecule has 0 bridgehead atoms. The first kappa shape index (κ1) is 13.4. The highest BCUT2D eigenvalue weighted by molar-refractivity contribution is 7.95. The zero-order valence-corrected chi connectivity index (χ0v) is 11.5. The Hall–Kier alpha value is 0.360. The van der Waals surface area contributed by atoms with Crippen LogP contribution in [0.4, 0.5) is 0 Å². The molecule has 3 nitrogen and oxygen atoms in total. The number of hydrogen-bond acceptors (Lipinski definition) is 3. The quantitative estimate of drug-likeness (QED) is 0.446. The van der Waals surface area contributed by atoms with Crippen molar-refractivity contribution < 1.29 is 4.79 Å². The van der Waals surface area contributed by atoms with E-state index in [0.29, 0.717) is 0 Å². The Kier molecular flexibility index (Phi) is 4.59. The predicted octanol–water partition coefficient (Wildman–Crippen LogP) is 2.69. The molecule has 15 heavy (non-hydrogen) atoms. The summed E-state index contributed by atoms with van der Waals surface area (Å²) >= 11 is 13.1. The summed E-state index contributed by atoms with van der Waals surface area (Å²) in [4.78, 5) is 11.5. The van der Waals surface area contributed by atoms with Gasteiger partial charge in [0.1, 0.15) is 12.0 Å². The average Bonchev–Trinajstić information content (AvgIpc) is 2.37. The summed E-state index contributed by atoms with van der Waals surface area (Å²) in [5, 5.41) is 0. The predicted molar refractivity (Wildman–Crippen MR) is 65.9 cm³/mol. The van der Waals surface area contributed by atoms with Crippen LogP contribution in [0.5, 0.6) is 0 Å². The van der Waals surface area contributed by atoms with Gasteiger partial charge in [-0.3, -0.25) is 9.10 Å². The molecule has 1 heterocycles. The molecule has 1 saturated heterocycles. The number of hydrogen-bond donors (Lipinski definition) is 0. The van der Waals surface area contributed by atoms with E-state index in [1.165, 1.54) is 12.1 Å². The zero-order valence-electron chi connectivity index (χ0n) is 9.17. The molecule has 0 saturated carbocycles. The van der Waals surface area contributed by atoms with Crippen LogP contribution in [0.25, 0.3) is 0 Å². The van der Waals surface area contributed by atoms with Gasteiger partial charge in [0.2, 0.25) is 0 Å². The van der Waals surface area contributed by atoms with Crippen molar-refractivity contribution in [3.05, 3.63) is 0 Å². The largest absolute Gasteiger partial charge is 0.272 e. The molecule has 1 unspecified atom stereocenters.